The largest absolute Gasteiger partial charge is 0.459 e. The Morgan fingerprint density at radius 2 is 0.623 bits per heavy atom. The minimum Gasteiger partial charge on any atom is -0.459 e. The lowest BCUT2D eigenvalue weighted by Gasteiger charge is -2.26. The maximum Gasteiger partial charge on any atom is 0.303 e. The highest BCUT2D eigenvalue weighted by Gasteiger charge is 2.20. The molecule has 0 bridgehead atoms. The first kappa shape index (κ1) is 49.8. The molecule has 0 aromatic carbocycles. The topological polar surface area (TPSA) is 151 Å². The molecule has 0 rings (SSSR count). The molecule has 0 heterocycles. The van der Waals surface area contributed by atoms with E-state index in [0.29, 0.717) is 26.2 Å². The van der Waals surface area contributed by atoms with E-state index in [1.165, 1.54) is 138 Å². The Bertz CT molecular complexity index is 946. The fourth-order valence-electron chi connectivity index (χ4n) is 6.48. The van der Waals surface area contributed by atoms with Crippen LogP contribution in [0.15, 0.2) is 0 Å². The smallest absolute Gasteiger partial charge is 0.303 e. The molecule has 2 atom stereocenters. The van der Waals surface area contributed by atoms with E-state index in [9.17, 15) is 28.8 Å². The molecule has 0 aromatic heterocycles. The second-order valence-corrected chi connectivity index (χ2v) is 14.7. The normalized spacial score (nSPS) is 12.0. The fraction of sp³-hybridized carbons (Fsp3) is 0.854. The second-order valence-electron chi connectivity index (χ2n) is 14.7. The minimum absolute atomic E-state index is 0.0501. The molecule has 0 aromatic rings. The molecule has 0 aliphatic rings. The van der Waals surface area contributed by atoms with Crippen molar-refractivity contribution < 1.29 is 38.2 Å². The van der Waals surface area contributed by atoms with Crippen molar-refractivity contribution in [1.29, 1.82) is 0 Å². The molecule has 0 radical (unpaired) electrons. The molecule has 2 N–H and O–H groups in total. The highest BCUT2D eigenvalue weighted by atomic mass is 16.5. The molecule has 0 saturated carbocycles. The molecule has 308 valence electrons. The number of ether oxygens (including phenoxy) is 2. The van der Waals surface area contributed by atoms with Crippen LogP contribution in [0.1, 0.15) is 176 Å². The van der Waals surface area contributed by atoms with Crippen molar-refractivity contribution in [2.75, 3.05) is 39.3 Å². The number of hydrogen-bond donors (Lipinski definition) is 2. The van der Waals surface area contributed by atoms with Gasteiger partial charge in [0.1, 0.15) is 12.2 Å². The maximum absolute atomic E-state index is 12.1. The van der Waals surface area contributed by atoms with Crippen LogP contribution in [-0.2, 0) is 38.2 Å². The van der Waals surface area contributed by atoms with Crippen molar-refractivity contribution in [3.8, 4) is 0 Å². The Morgan fingerprint density at radius 1 is 0.396 bits per heavy atom. The van der Waals surface area contributed by atoms with Gasteiger partial charge in [-0.2, -0.15) is 0 Å². The number of carbonyl (C=O) groups is 6. The first-order valence-electron chi connectivity index (χ1n) is 20.7. The van der Waals surface area contributed by atoms with Crippen LogP contribution in [0.2, 0.25) is 0 Å². The molecule has 53 heavy (non-hydrogen) atoms. The van der Waals surface area contributed by atoms with Gasteiger partial charge in [-0.15, -0.1) is 0 Å². The first-order chi connectivity index (χ1) is 25.3. The Morgan fingerprint density at radius 3 is 0.811 bits per heavy atom. The molecular formula is C41H76N4O8. The van der Waals surface area contributed by atoms with Gasteiger partial charge in [-0.3, -0.25) is 28.8 Å². The van der Waals surface area contributed by atoms with Crippen molar-refractivity contribution in [2.45, 2.75) is 189 Å². The van der Waals surface area contributed by atoms with E-state index < -0.39 is 24.1 Å². The Hall–Kier alpha value is -3.18. The molecule has 0 aliphatic heterocycles. The van der Waals surface area contributed by atoms with Gasteiger partial charge in [0.25, 0.3) is 0 Å². The zero-order chi connectivity index (χ0) is 39.7. The number of unbranched alkanes of at least 4 members (excludes halogenated alkanes) is 20. The van der Waals surface area contributed by atoms with Gasteiger partial charge >= 0.3 is 11.9 Å². The standard InChI is InChI=1S/C41H76N4O8/c1-34(46)42-30-40(52-38(5)50)32-44(36(3)48)28-26-24-22-20-18-16-14-12-10-8-7-9-11-13-15-17-19-21-23-25-27-29-45(37(4)49)33-41(53-39(6)51)31-43-35(2)47/h40-41H,7-33H2,1-6H3,(H,42,46)(H,43,47). The maximum atomic E-state index is 12.1. The first-order valence-corrected chi connectivity index (χ1v) is 20.7. The third-order valence-corrected chi connectivity index (χ3v) is 9.42. The van der Waals surface area contributed by atoms with Crippen LogP contribution in [-0.4, -0.2) is 96.8 Å². The lowest BCUT2D eigenvalue weighted by atomic mass is 10.0. The average molecular weight is 753 g/mol. The van der Waals surface area contributed by atoms with E-state index in [4.69, 9.17) is 9.47 Å². The van der Waals surface area contributed by atoms with Crippen LogP contribution >= 0.6 is 0 Å². The zero-order valence-electron chi connectivity index (χ0n) is 34.4. The van der Waals surface area contributed by atoms with Crippen molar-refractivity contribution in [3.63, 3.8) is 0 Å². The summed E-state index contributed by atoms with van der Waals surface area (Å²) >= 11 is 0. The molecule has 0 aliphatic carbocycles. The van der Waals surface area contributed by atoms with Gasteiger partial charge in [-0.1, -0.05) is 122 Å². The number of hydrogen-bond acceptors (Lipinski definition) is 8. The second kappa shape index (κ2) is 33.4. The van der Waals surface area contributed by atoms with Gasteiger partial charge in [-0.05, 0) is 12.8 Å². The Kier molecular flexibility index (Phi) is 31.4. The lowest BCUT2D eigenvalue weighted by molar-refractivity contribution is -0.150. The van der Waals surface area contributed by atoms with Crippen LogP contribution < -0.4 is 10.6 Å². The Balaban J connectivity index is 3.71. The highest BCUT2D eigenvalue weighted by Crippen LogP contribution is 2.16. The predicted molar refractivity (Wildman–Crippen MR) is 210 cm³/mol. The van der Waals surface area contributed by atoms with Gasteiger partial charge in [0.05, 0.1) is 26.2 Å². The molecular weight excluding hydrogens is 676 g/mol. The van der Waals surface area contributed by atoms with E-state index in [2.05, 4.69) is 10.6 Å². The molecule has 2 unspecified atom stereocenters. The third-order valence-electron chi connectivity index (χ3n) is 9.42. The van der Waals surface area contributed by atoms with Crippen molar-refractivity contribution >= 4 is 35.6 Å². The van der Waals surface area contributed by atoms with E-state index in [1.54, 1.807) is 9.80 Å². The van der Waals surface area contributed by atoms with Crippen molar-refractivity contribution in [3.05, 3.63) is 0 Å². The number of rotatable bonds is 34. The summed E-state index contributed by atoms with van der Waals surface area (Å²) in [4.78, 5) is 73.0. The molecule has 4 amide bonds. The van der Waals surface area contributed by atoms with E-state index in [0.717, 1.165) is 38.5 Å². The number of esters is 2. The molecule has 0 fully saturated rings. The van der Waals surface area contributed by atoms with Crippen molar-refractivity contribution in [1.82, 2.24) is 20.4 Å². The third kappa shape index (κ3) is 33.1. The summed E-state index contributed by atoms with van der Waals surface area (Å²) in [6, 6.07) is 0. The SMILES string of the molecule is CC(=O)NCC(CN(CCCCCCCCCCCCCCCCCCCCCCCN(CC(CNC(C)=O)OC(C)=O)C(C)=O)C(C)=O)OC(C)=O. The van der Waals surface area contributed by atoms with Gasteiger partial charge in [0, 0.05) is 54.6 Å². The van der Waals surface area contributed by atoms with Crippen LogP contribution in [0.3, 0.4) is 0 Å². The van der Waals surface area contributed by atoms with E-state index in [1.807, 2.05) is 0 Å². The van der Waals surface area contributed by atoms with Crippen LogP contribution in [0.5, 0.6) is 0 Å². The van der Waals surface area contributed by atoms with Crippen LogP contribution in [0, 0.1) is 0 Å². The van der Waals surface area contributed by atoms with Crippen LogP contribution in [0.4, 0.5) is 0 Å². The molecule has 12 nitrogen and oxygen atoms in total. The van der Waals surface area contributed by atoms with Gasteiger partial charge in [0.2, 0.25) is 23.6 Å². The van der Waals surface area contributed by atoms with Crippen molar-refractivity contribution in [2.24, 2.45) is 0 Å². The van der Waals surface area contributed by atoms with Gasteiger partial charge < -0.3 is 29.9 Å². The fourth-order valence-corrected chi connectivity index (χ4v) is 6.48. The molecule has 0 saturated heterocycles. The minimum atomic E-state index is -0.543. The summed E-state index contributed by atoms with van der Waals surface area (Å²) in [6.45, 7) is 10.8. The van der Waals surface area contributed by atoms with Gasteiger partial charge in [-0.25, -0.2) is 0 Å². The predicted octanol–water partition coefficient (Wildman–Crippen LogP) is 7.01. The highest BCUT2D eigenvalue weighted by molar-refractivity contribution is 5.75. The summed E-state index contributed by atoms with van der Waals surface area (Å²) in [5.41, 5.74) is 0. The lowest BCUT2D eigenvalue weighted by Crippen LogP contribution is -2.44. The Labute approximate surface area is 321 Å². The number of amides is 4. The number of nitrogens with zero attached hydrogens (tertiary/aromatic N) is 2. The summed E-state index contributed by atoms with van der Waals surface area (Å²) in [5.74, 6) is -1.34. The summed E-state index contributed by atoms with van der Waals surface area (Å²) in [6.07, 6.45) is 24.8. The number of nitrogens with one attached hydrogen (secondary N) is 2. The zero-order valence-corrected chi connectivity index (χ0v) is 34.4. The molecule has 0 spiro atoms. The van der Waals surface area contributed by atoms with Gasteiger partial charge in [0.15, 0.2) is 0 Å². The summed E-state index contributed by atoms with van der Waals surface area (Å²) in [7, 11) is 0. The summed E-state index contributed by atoms with van der Waals surface area (Å²) in [5, 5.41) is 5.34. The quantitative estimate of drug-likeness (QED) is 0.0526. The van der Waals surface area contributed by atoms with Crippen LogP contribution in [0.25, 0.3) is 0 Å². The monoisotopic (exact) mass is 753 g/mol. The molecule has 12 heteroatoms. The van der Waals surface area contributed by atoms with E-state index >= 15 is 0 Å². The number of carbonyl (C=O) groups excluding carboxylic acids is 6. The van der Waals surface area contributed by atoms with E-state index in [-0.39, 0.29) is 36.7 Å². The summed E-state index contributed by atoms with van der Waals surface area (Å²) < 4.78 is 10.6. The average Bonchev–Trinajstić information content (AvgIpc) is 3.07.